The largest absolute Gasteiger partial charge is 0.394 e. The number of nitrogens with zero attached hydrogens (tertiary/aromatic N) is 2. The minimum Gasteiger partial charge on any atom is -0.394 e. The van der Waals surface area contributed by atoms with Crippen LogP contribution >= 0.6 is 31.9 Å². The summed E-state index contributed by atoms with van der Waals surface area (Å²) in [6.45, 7) is -1.57. The second kappa shape index (κ2) is 15.1. The fourth-order valence-electron chi connectivity index (χ4n) is 3.50. The van der Waals surface area contributed by atoms with Crippen molar-refractivity contribution in [3.63, 3.8) is 0 Å². The van der Waals surface area contributed by atoms with Gasteiger partial charge in [-0.3, -0.25) is 10.9 Å². The molecule has 0 radical (unpaired) electrons. The topological polar surface area (TPSA) is 209 Å². The molecule has 214 valence electrons. The number of benzene rings is 2. The van der Waals surface area contributed by atoms with Crippen LogP contribution in [0.4, 0.5) is 11.4 Å². The Hall–Kier alpha value is -2.02. The van der Waals surface area contributed by atoms with E-state index >= 15 is 0 Å². The van der Waals surface area contributed by atoms with E-state index in [9.17, 15) is 35.7 Å². The van der Waals surface area contributed by atoms with E-state index in [1.54, 1.807) is 48.5 Å². The molecule has 0 amide bonds. The summed E-state index contributed by atoms with van der Waals surface area (Å²) >= 11 is 6.68. The summed E-state index contributed by atoms with van der Waals surface area (Å²) in [6, 6.07) is 14.0. The second-order valence-corrected chi connectivity index (χ2v) is 10.4. The number of nitrogens with one attached hydrogen (secondary N) is 2. The fraction of sp³-hybridized carbons (Fsp3) is 0.417. The summed E-state index contributed by atoms with van der Waals surface area (Å²) in [4.78, 5) is 0. The van der Waals surface area contributed by atoms with Crippen LogP contribution < -0.4 is 10.9 Å². The Labute approximate surface area is 240 Å². The van der Waals surface area contributed by atoms with Gasteiger partial charge in [-0.1, -0.05) is 31.9 Å². The third-order valence-corrected chi connectivity index (χ3v) is 6.77. The third kappa shape index (κ3) is 8.73. The van der Waals surface area contributed by atoms with E-state index < -0.39 is 62.2 Å². The zero-order valence-electron chi connectivity index (χ0n) is 20.3. The lowest BCUT2D eigenvalue weighted by Crippen LogP contribution is -2.61. The quantitative estimate of drug-likeness (QED) is 0.108. The number of hydrogen-bond donors (Lipinski definition) is 9. The van der Waals surface area contributed by atoms with Crippen molar-refractivity contribution in [1.82, 2.24) is 0 Å². The molecule has 8 atom stereocenters. The predicted octanol–water partition coefficient (Wildman–Crippen LogP) is -0.0234. The average Bonchev–Trinajstić information content (AvgIpc) is 2.94. The van der Waals surface area contributed by atoms with E-state index in [-0.39, 0.29) is 5.71 Å². The standard InChI is InChI=1S/C24H30Br2N4O9/c25-12-1-5-14(6-2-12)28-27-9-16(30-29-15-7-3-13(26)4-8-15)19(34)23(17(33)10-31)39-24-22(37)21(36)20(35)18(11-32)38-24/h1-9,17-24,28-29,31-37H,10-11H2/b27-9+,30-16+/t17-,18+,19+,20-,21-,22-,23-,24-/m1/s1. The lowest BCUT2D eigenvalue weighted by Gasteiger charge is -2.41. The first-order chi connectivity index (χ1) is 18.6. The fourth-order valence-corrected chi connectivity index (χ4v) is 4.03. The summed E-state index contributed by atoms with van der Waals surface area (Å²) in [5, 5.41) is 79.4. The van der Waals surface area contributed by atoms with Gasteiger partial charge < -0.3 is 45.2 Å². The predicted molar refractivity (Wildman–Crippen MR) is 149 cm³/mol. The third-order valence-electron chi connectivity index (χ3n) is 5.71. The number of hydrogen-bond acceptors (Lipinski definition) is 13. The minimum absolute atomic E-state index is 0.162. The molecule has 1 aliphatic heterocycles. The van der Waals surface area contributed by atoms with Gasteiger partial charge in [0.05, 0.1) is 30.8 Å². The number of anilines is 2. The Morgan fingerprint density at radius 1 is 0.897 bits per heavy atom. The zero-order valence-corrected chi connectivity index (χ0v) is 23.5. The van der Waals surface area contributed by atoms with Crippen LogP contribution in [-0.4, -0.2) is 110 Å². The van der Waals surface area contributed by atoms with Crippen molar-refractivity contribution in [2.45, 2.75) is 49.0 Å². The van der Waals surface area contributed by atoms with Gasteiger partial charge in [-0.15, -0.1) is 0 Å². The van der Waals surface area contributed by atoms with Crippen molar-refractivity contribution in [2.24, 2.45) is 10.2 Å². The molecule has 0 unspecified atom stereocenters. The van der Waals surface area contributed by atoms with Crippen molar-refractivity contribution in [3.8, 4) is 0 Å². The molecule has 0 saturated carbocycles. The number of rotatable bonds is 12. The van der Waals surface area contributed by atoms with E-state index in [1.807, 2.05) is 0 Å². The highest BCUT2D eigenvalue weighted by molar-refractivity contribution is 9.10. The highest BCUT2D eigenvalue weighted by atomic mass is 79.9. The molecule has 3 rings (SSSR count). The molecule has 0 spiro atoms. The van der Waals surface area contributed by atoms with Crippen LogP contribution in [0.1, 0.15) is 0 Å². The molecule has 1 saturated heterocycles. The molecule has 2 aromatic rings. The van der Waals surface area contributed by atoms with Crippen molar-refractivity contribution >= 4 is 55.2 Å². The maximum atomic E-state index is 11.2. The van der Waals surface area contributed by atoms with Crippen LogP contribution in [-0.2, 0) is 9.47 Å². The van der Waals surface area contributed by atoms with Crippen LogP contribution in [0.5, 0.6) is 0 Å². The van der Waals surface area contributed by atoms with Gasteiger partial charge in [0.2, 0.25) is 0 Å². The molecule has 0 bridgehead atoms. The zero-order chi connectivity index (χ0) is 28.5. The summed E-state index contributed by atoms with van der Waals surface area (Å²) in [5.74, 6) is 0. The van der Waals surface area contributed by atoms with Crippen LogP contribution in [0.25, 0.3) is 0 Å². The Morgan fingerprint density at radius 2 is 1.46 bits per heavy atom. The Morgan fingerprint density at radius 3 is 2.00 bits per heavy atom. The van der Waals surface area contributed by atoms with Crippen molar-refractivity contribution in [1.29, 1.82) is 0 Å². The van der Waals surface area contributed by atoms with Crippen LogP contribution in [0.3, 0.4) is 0 Å². The van der Waals surface area contributed by atoms with Crippen molar-refractivity contribution in [3.05, 3.63) is 57.5 Å². The molecule has 1 heterocycles. The number of halogens is 2. The summed E-state index contributed by atoms with van der Waals surface area (Å²) in [5.41, 5.74) is 6.54. The molecule has 1 fully saturated rings. The number of aliphatic hydroxyl groups is 7. The van der Waals surface area contributed by atoms with E-state index in [2.05, 4.69) is 52.9 Å². The molecule has 2 aromatic carbocycles. The molecule has 9 N–H and O–H groups in total. The highest BCUT2D eigenvalue weighted by Gasteiger charge is 2.46. The summed E-state index contributed by atoms with van der Waals surface area (Å²) in [7, 11) is 0. The second-order valence-electron chi connectivity index (χ2n) is 8.52. The van der Waals surface area contributed by atoms with E-state index in [4.69, 9.17) is 9.47 Å². The molecular formula is C24H30Br2N4O9. The normalized spacial score (nSPS) is 26.3. The lowest BCUT2D eigenvalue weighted by molar-refractivity contribution is -0.322. The van der Waals surface area contributed by atoms with Gasteiger partial charge in [0.25, 0.3) is 0 Å². The van der Waals surface area contributed by atoms with Gasteiger partial charge in [-0.05, 0) is 48.5 Å². The maximum absolute atomic E-state index is 11.2. The molecule has 13 nitrogen and oxygen atoms in total. The average molecular weight is 678 g/mol. The van der Waals surface area contributed by atoms with E-state index in [0.29, 0.717) is 11.4 Å². The van der Waals surface area contributed by atoms with Crippen LogP contribution in [0.2, 0.25) is 0 Å². The number of ether oxygens (including phenoxy) is 2. The molecule has 0 aliphatic carbocycles. The first kappa shape index (κ1) is 31.5. The van der Waals surface area contributed by atoms with Gasteiger partial charge in [0.1, 0.15) is 48.4 Å². The first-order valence-corrected chi connectivity index (χ1v) is 13.3. The van der Waals surface area contributed by atoms with Crippen LogP contribution in [0, 0.1) is 0 Å². The molecule has 39 heavy (non-hydrogen) atoms. The van der Waals surface area contributed by atoms with Crippen molar-refractivity contribution in [2.75, 3.05) is 24.1 Å². The maximum Gasteiger partial charge on any atom is 0.187 e. The van der Waals surface area contributed by atoms with E-state index in [0.717, 1.165) is 15.2 Å². The SMILES string of the molecule is OC[C@@H](O)[C@@H](O[C@H]1O[C@@H](CO)[C@@H](O)[C@@H](O)[C@H]1O)[C@@H](O)C(/C=N/Nc1ccc(Br)cc1)=N/Nc1ccc(Br)cc1. The molecule has 15 heteroatoms. The molecule has 0 aromatic heterocycles. The van der Waals surface area contributed by atoms with Gasteiger partial charge in [-0.25, -0.2) is 0 Å². The Balaban J connectivity index is 1.87. The number of aliphatic hydroxyl groups excluding tert-OH is 7. The summed E-state index contributed by atoms with van der Waals surface area (Å²) in [6.07, 6.45) is -12.2. The lowest BCUT2D eigenvalue weighted by atomic mass is 9.98. The summed E-state index contributed by atoms with van der Waals surface area (Å²) < 4.78 is 12.6. The smallest absolute Gasteiger partial charge is 0.187 e. The van der Waals surface area contributed by atoms with Gasteiger partial charge in [-0.2, -0.15) is 10.2 Å². The van der Waals surface area contributed by atoms with Crippen LogP contribution in [0.15, 0.2) is 67.7 Å². The molecular weight excluding hydrogens is 648 g/mol. The van der Waals surface area contributed by atoms with Gasteiger partial charge in [0, 0.05) is 8.95 Å². The first-order valence-electron chi connectivity index (χ1n) is 11.7. The van der Waals surface area contributed by atoms with Crippen molar-refractivity contribution < 1.29 is 45.2 Å². The van der Waals surface area contributed by atoms with Gasteiger partial charge >= 0.3 is 0 Å². The monoisotopic (exact) mass is 676 g/mol. The molecule has 1 aliphatic rings. The highest BCUT2D eigenvalue weighted by Crippen LogP contribution is 2.25. The van der Waals surface area contributed by atoms with Gasteiger partial charge in [0.15, 0.2) is 6.29 Å². The number of hydrazone groups is 2. The Bertz CT molecular complexity index is 1090. The van der Waals surface area contributed by atoms with E-state index in [1.165, 1.54) is 0 Å². The Kier molecular flexibility index (Phi) is 12.2. The minimum atomic E-state index is -1.81.